The largest absolute Gasteiger partial charge is 0.389 e. The first-order valence-corrected chi connectivity index (χ1v) is 8.68. The minimum atomic E-state index is -3.54. The molecule has 0 atom stereocenters. The number of rotatable bonds is 5. The molecule has 0 aromatic heterocycles. The van der Waals surface area contributed by atoms with Gasteiger partial charge in [-0.05, 0) is 31.4 Å². The fourth-order valence-electron chi connectivity index (χ4n) is 2.62. The molecule has 1 aliphatic heterocycles. The third-order valence-corrected chi connectivity index (χ3v) is 5.67. The lowest BCUT2D eigenvalue weighted by Crippen LogP contribution is -2.50. The summed E-state index contributed by atoms with van der Waals surface area (Å²) in [6.07, 6.45) is 0.732. The van der Waals surface area contributed by atoms with Crippen LogP contribution in [0, 0.1) is 0 Å². The van der Waals surface area contributed by atoms with Crippen molar-refractivity contribution in [3.05, 3.63) is 35.4 Å². The Hall–Kier alpha value is -0.950. The van der Waals surface area contributed by atoms with E-state index in [-0.39, 0.29) is 6.54 Å². The quantitative estimate of drug-likeness (QED) is 0.893. The van der Waals surface area contributed by atoms with Gasteiger partial charge in [-0.2, -0.15) is 17.0 Å². The van der Waals surface area contributed by atoms with Crippen LogP contribution in [0.4, 0.5) is 0 Å². The second-order valence-electron chi connectivity index (χ2n) is 6.10. The van der Waals surface area contributed by atoms with Gasteiger partial charge in [-0.3, -0.25) is 0 Å². The second kappa shape index (κ2) is 6.04. The predicted molar refractivity (Wildman–Crippen MR) is 83.0 cm³/mol. The van der Waals surface area contributed by atoms with E-state index in [0.717, 1.165) is 12.0 Å². The van der Waals surface area contributed by atoms with Crippen molar-refractivity contribution in [3.63, 3.8) is 0 Å². The van der Waals surface area contributed by atoms with Gasteiger partial charge in [0, 0.05) is 26.2 Å². The van der Waals surface area contributed by atoms with Crippen molar-refractivity contribution in [1.29, 1.82) is 0 Å². The molecular formula is C15H24N2O3S. The Kier molecular flexibility index (Phi) is 4.72. The van der Waals surface area contributed by atoms with Crippen LogP contribution in [0.1, 0.15) is 31.9 Å². The number of benzene rings is 1. The molecule has 0 bridgehead atoms. The third kappa shape index (κ3) is 3.83. The number of likely N-dealkylation sites (N-methyl/N-ethyl adjacent to an activating group) is 1. The lowest BCUT2D eigenvalue weighted by Gasteiger charge is -2.34. The topological polar surface area (TPSA) is 60.9 Å². The molecule has 0 unspecified atom stereocenters. The minimum Gasteiger partial charge on any atom is -0.389 e. The van der Waals surface area contributed by atoms with Crippen molar-refractivity contribution >= 4 is 10.2 Å². The van der Waals surface area contributed by atoms with Crippen molar-refractivity contribution in [3.8, 4) is 0 Å². The van der Waals surface area contributed by atoms with Crippen LogP contribution in [0.2, 0.25) is 0 Å². The lowest BCUT2D eigenvalue weighted by atomic mass is 10.0. The number of aliphatic hydroxyl groups is 1. The first-order chi connectivity index (χ1) is 9.74. The third-order valence-electron chi connectivity index (χ3n) is 3.66. The zero-order valence-electron chi connectivity index (χ0n) is 12.9. The number of hydrogen-bond acceptors (Lipinski definition) is 3. The Morgan fingerprint density at radius 1 is 1.29 bits per heavy atom. The van der Waals surface area contributed by atoms with E-state index in [1.165, 1.54) is 14.2 Å². The van der Waals surface area contributed by atoms with Crippen molar-refractivity contribution in [2.45, 2.75) is 39.3 Å². The fraction of sp³-hybridized carbons (Fsp3) is 0.600. The van der Waals surface area contributed by atoms with Crippen molar-refractivity contribution in [2.75, 3.05) is 19.6 Å². The number of fused-ring (bicyclic) bond motifs is 1. The van der Waals surface area contributed by atoms with Crippen LogP contribution in [-0.2, 0) is 23.2 Å². The molecule has 1 N–H and O–H groups in total. The van der Waals surface area contributed by atoms with Crippen LogP contribution in [0.25, 0.3) is 0 Å². The van der Waals surface area contributed by atoms with Crippen LogP contribution in [0.5, 0.6) is 0 Å². The summed E-state index contributed by atoms with van der Waals surface area (Å²) < 4.78 is 28.3. The summed E-state index contributed by atoms with van der Waals surface area (Å²) in [6, 6.07) is 7.94. The van der Waals surface area contributed by atoms with E-state index in [4.69, 9.17) is 0 Å². The summed E-state index contributed by atoms with van der Waals surface area (Å²) in [7, 11) is -3.54. The summed E-state index contributed by atoms with van der Waals surface area (Å²) in [6.45, 7) is 6.38. The van der Waals surface area contributed by atoms with E-state index < -0.39 is 15.8 Å². The van der Waals surface area contributed by atoms with Gasteiger partial charge < -0.3 is 5.11 Å². The molecule has 5 nitrogen and oxygen atoms in total. The SMILES string of the molecule is CCN(CC(C)(C)O)S(=O)(=O)N1CCc2ccccc2C1. The zero-order valence-corrected chi connectivity index (χ0v) is 13.7. The monoisotopic (exact) mass is 312 g/mol. The molecule has 0 spiro atoms. The van der Waals surface area contributed by atoms with Crippen LogP contribution in [0.15, 0.2) is 24.3 Å². The van der Waals surface area contributed by atoms with E-state index in [2.05, 4.69) is 0 Å². The molecular weight excluding hydrogens is 288 g/mol. The molecule has 0 saturated carbocycles. The van der Waals surface area contributed by atoms with Crippen molar-refractivity contribution in [1.82, 2.24) is 8.61 Å². The molecule has 2 rings (SSSR count). The Bertz CT molecular complexity index is 593. The van der Waals surface area contributed by atoms with Gasteiger partial charge in [0.05, 0.1) is 5.60 Å². The van der Waals surface area contributed by atoms with E-state index >= 15 is 0 Å². The lowest BCUT2D eigenvalue weighted by molar-refractivity contribution is 0.0583. The molecule has 6 heteroatoms. The van der Waals surface area contributed by atoms with Gasteiger partial charge >= 0.3 is 0 Å². The maximum atomic E-state index is 12.7. The minimum absolute atomic E-state index is 0.101. The Morgan fingerprint density at radius 3 is 2.48 bits per heavy atom. The average molecular weight is 312 g/mol. The molecule has 118 valence electrons. The molecule has 21 heavy (non-hydrogen) atoms. The van der Waals surface area contributed by atoms with E-state index in [0.29, 0.717) is 19.6 Å². The van der Waals surface area contributed by atoms with Crippen LogP contribution in [-0.4, -0.2) is 47.4 Å². The average Bonchev–Trinajstić information content (AvgIpc) is 2.43. The molecule has 1 aromatic carbocycles. The molecule has 0 radical (unpaired) electrons. The van der Waals surface area contributed by atoms with Crippen LogP contribution >= 0.6 is 0 Å². The number of nitrogens with zero attached hydrogens (tertiary/aromatic N) is 2. The summed E-state index contributed by atoms with van der Waals surface area (Å²) in [5, 5.41) is 9.91. The van der Waals surface area contributed by atoms with Gasteiger partial charge in [0.15, 0.2) is 0 Å². The van der Waals surface area contributed by atoms with Gasteiger partial charge in [-0.15, -0.1) is 0 Å². The number of hydrogen-bond donors (Lipinski definition) is 1. The first-order valence-electron chi connectivity index (χ1n) is 7.28. The smallest absolute Gasteiger partial charge is 0.282 e. The van der Waals surface area contributed by atoms with E-state index in [1.54, 1.807) is 20.8 Å². The van der Waals surface area contributed by atoms with E-state index in [1.807, 2.05) is 24.3 Å². The summed E-state index contributed by atoms with van der Waals surface area (Å²) in [5.41, 5.74) is 1.23. The Balaban J connectivity index is 2.20. The summed E-state index contributed by atoms with van der Waals surface area (Å²) in [5.74, 6) is 0. The molecule has 1 heterocycles. The highest BCUT2D eigenvalue weighted by molar-refractivity contribution is 7.86. The van der Waals surface area contributed by atoms with Gasteiger partial charge in [0.1, 0.15) is 0 Å². The molecule has 0 fully saturated rings. The zero-order chi connectivity index (χ0) is 15.7. The van der Waals surface area contributed by atoms with Gasteiger partial charge in [0.25, 0.3) is 10.2 Å². The maximum absolute atomic E-state index is 12.7. The molecule has 0 aliphatic carbocycles. The molecule has 0 saturated heterocycles. The van der Waals surface area contributed by atoms with Gasteiger partial charge in [-0.25, -0.2) is 0 Å². The Labute approximate surface area is 127 Å². The van der Waals surface area contributed by atoms with E-state index in [9.17, 15) is 13.5 Å². The molecule has 1 aromatic rings. The molecule has 0 amide bonds. The summed E-state index contributed by atoms with van der Waals surface area (Å²) >= 11 is 0. The van der Waals surface area contributed by atoms with Crippen molar-refractivity contribution < 1.29 is 13.5 Å². The normalized spacial score (nSPS) is 17.0. The van der Waals surface area contributed by atoms with Crippen LogP contribution in [0.3, 0.4) is 0 Å². The van der Waals surface area contributed by atoms with Gasteiger partial charge in [0.2, 0.25) is 0 Å². The predicted octanol–water partition coefficient (Wildman–Crippen LogP) is 1.38. The first kappa shape index (κ1) is 16.4. The van der Waals surface area contributed by atoms with Crippen LogP contribution < -0.4 is 0 Å². The summed E-state index contributed by atoms with van der Waals surface area (Å²) in [4.78, 5) is 0. The fourth-order valence-corrected chi connectivity index (χ4v) is 4.37. The highest BCUT2D eigenvalue weighted by atomic mass is 32.2. The standard InChI is InChI=1S/C15H24N2O3S/c1-4-16(12-15(2,3)18)21(19,20)17-10-9-13-7-5-6-8-14(13)11-17/h5-8,18H,4,9-12H2,1-3H3. The van der Waals surface area contributed by atoms with Crippen molar-refractivity contribution in [2.24, 2.45) is 0 Å². The maximum Gasteiger partial charge on any atom is 0.282 e. The highest BCUT2D eigenvalue weighted by Crippen LogP contribution is 2.23. The second-order valence-corrected chi connectivity index (χ2v) is 8.03. The molecule has 1 aliphatic rings. The van der Waals surface area contributed by atoms with Gasteiger partial charge in [-0.1, -0.05) is 31.2 Å². The Morgan fingerprint density at radius 2 is 1.90 bits per heavy atom. The highest BCUT2D eigenvalue weighted by Gasteiger charge is 2.33.